The second-order valence-electron chi connectivity index (χ2n) is 6.60. The van der Waals surface area contributed by atoms with Crippen molar-refractivity contribution >= 4 is 17.2 Å². The molecule has 2 aliphatic heterocycles. The van der Waals surface area contributed by atoms with Crippen LogP contribution >= 0.6 is 11.3 Å². The van der Waals surface area contributed by atoms with Crippen LogP contribution in [0.15, 0.2) is 18.2 Å². The molecule has 0 saturated carbocycles. The van der Waals surface area contributed by atoms with Crippen molar-refractivity contribution in [2.24, 2.45) is 0 Å². The van der Waals surface area contributed by atoms with E-state index in [4.69, 9.17) is 9.47 Å². The van der Waals surface area contributed by atoms with Gasteiger partial charge in [-0.2, -0.15) is 0 Å². The highest BCUT2D eigenvalue weighted by molar-refractivity contribution is 7.17. The summed E-state index contributed by atoms with van der Waals surface area (Å²) in [7, 11) is 0. The maximum absolute atomic E-state index is 12.5. The summed E-state index contributed by atoms with van der Waals surface area (Å²) in [5.41, 5.74) is 1.71. The minimum atomic E-state index is -0.0389. The van der Waals surface area contributed by atoms with Gasteiger partial charge in [-0.3, -0.25) is 4.79 Å². The van der Waals surface area contributed by atoms with Gasteiger partial charge in [0.25, 0.3) is 5.91 Å². The van der Waals surface area contributed by atoms with Crippen molar-refractivity contribution in [3.8, 4) is 22.1 Å². The minimum absolute atomic E-state index is 0.0389. The molecule has 1 fully saturated rings. The minimum Gasteiger partial charge on any atom is -0.486 e. The van der Waals surface area contributed by atoms with Gasteiger partial charge in [-0.05, 0) is 51.1 Å². The fourth-order valence-electron chi connectivity index (χ4n) is 3.32. The Kier molecular flexibility index (Phi) is 5.08. The van der Waals surface area contributed by atoms with Crippen molar-refractivity contribution < 1.29 is 14.3 Å². The molecule has 1 N–H and O–H groups in total. The van der Waals surface area contributed by atoms with Crippen molar-refractivity contribution in [1.29, 1.82) is 0 Å². The number of amides is 1. The third kappa shape index (κ3) is 3.68. The maximum atomic E-state index is 12.5. The van der Waals surface area contributed by atoms with E-state index in [2.05, 4.69) is 15.2 Å². The largest absolute Gasteiger partial charge is 0.486 e. The normalized spacial score (nSPS) is 16.7. The third-order valence-corrected chi connectivity index (χ3v) is 5.91. The summed E-state index contributed by atoms with van der Waals surface area (Å²) in [6.07, 6.45) is 2.53. The van der Waals surface area contributed by atoms with Crippen LogP contribution in [0.4, 0.5) is 0 Å². The molecule has 0 atom stereocenters. The van der Waals surface area contributed by atoms with Gasteiger partial charge in [0.05, 0.1) is 5.69 Å². The van der Waals surface area contributed by atoms with Gasteiger partial charge in [-0.1, -0.05) is 0 Å². The number of hydrogen-bond acceptors (Lipinski definition) is 6. The number of nitrogens with zero attached hydrogens (tertiary/aromatic N) is 2. The number of nitrogens with one attached hydrogen (secondary N) is 1. The smallest absolute Gasteiger partial charge is 0.263 e. The molecule has 6 nitrogen and oxygen atoms in total. The number of hydrogen-bond donors (Lipinski definition) is 1. The second kappa shape index (κ2) is 7.63. The number of thiazole rings is 1. The fourth-order valence-corrected chi connectivity index (χ4v) is 4.30. The van der Waals surface area contributed by atoms with Gasteiger partial charge in [-0.15, -0.1) is 11.3 Å². The Morgan fingerprint density at radius 3 is 2.81 bits per heavy atom. The molecule has 0 unspecified atom stereocenters. The van der Waals surface area contributed by atoms with Crippen molar-refractivity contribution in [1.82, 2.24) is 15.2 Å². The fraction of sp³-hybridized carbons (Fsp3) is 0.474. The molecule has 4 rings (SSSR count). The van der Waals surface area contributed by atoms with Gasteiger partial charge in [0.1, 0.15) is 23.1 Å². The first-order valence-corrected chi connectivity index (χ1v) is 9.90. The highest BCUT2D eigenvalue weighted by atomic mass is 32.1. The van der Waals surface area contributed by atoms with Crippen molar-refractivity contribution in [2.45, 2.75) is 19.8 Å². The number of aromatic nitrogens is 1. The first kappa shape index (κ1) is 17.3. The highest BCUT2D eigenvalue weighted by Crippen LogP contribution is 2.36. The number of ether oxygens (including phenoxy) is 2. The molecule has 1 aromatic carbocycles. The predicted molar refractivity (Wildman–Crippen MR) is 101 cm³/mol. The van der Waals surface area contributed by atoms with Gasteiger partial charge < -0.3 is 19.7 Å². The zero-order chi connectivity index (χ0) is 17.9. The molecule has 0 bridgehead atoms. The Balaban J connectivity index is 1.44. The first-order chi connectivity index (χ1) is 12.7. The number of benzene rings is 1. The van der Waals surface area contributed by atoms with Crippen LogP contribution < -0.4 is 14.8 Å². The van der Waals surface area contributed by atoms with Crippen molar-refractivity contribution in [3.05, 3.63) is 28.8 Å². The molecule has 138 valence electrons. The molecule has 0 aliphatic carbocycles. The number of carbonyl (C=O) groups is 1. The topological polar surface area (TPSA) is 63.7 Å². The monoisotopic (exact) mass is 373 g/mol. The molecule has 7 heteroatoms. The molecule has 3 heterocycles. The SMILES string of the molecule is Cc1nc(-c2ccc3c(c2)OCCO3)sc1C(=O)NCCN1CCCC1. The predicted octanol–water partition coefficient (Wildman–Crippen LogP) is 2.72. The average Bonchev–Trinajstić information content (AvgIpc) is 3.31. The highest BCUT2D eigenvalue weighted by Gasteiger charge is 2.19. The molecule has 1 saturated heterocycles. The maximum Gasteiger partial charge on any atom is 0.263 e. The summed E-state index contributed by atoms with van der Waals surface area (Å²) in [5.74, 6) is 1.45. The van der Waals surface area contributed by atoms with Crippen LogP contribution in [0.2, 0.25) is 0 Å². The zero-order valence-electron chi connectivity index (χ0n) is 14.9. The lowest BCUT2D eigenvalue weighted by Gasteiger charge is -2.18. The van der Waals surface area contributed by atoms with E-state index in [9.17, 15) is 4.79 Å². The Hall–Kier alpha value is -2.12. The van der Waals surface area contributed by atoms with E-state index >= 15 is 0 Å². The second-order valence-corrected chi connectivity index (χ2v) is 7.60. The van der Waals surface area contributed by atoms with Crippen molar-refractivity contribution in [2.75, 3.05) is 39.4 Å². The van der Waals surface area contributed by atoms with Crippen LogP contribution in [0, 0.1) is 6.92 Å². The summed E-state index contributed by atoms with van der Waals surface area (Å²) >= 11 is 1.42. The molecule has 0 spiro atoms. The first-order valence-electron chi connectivity index (χ1n) is 9.09. The van der Waals surface area contributed by atoms with Crippen LogP contribution in [0.1, 0.15) is 28.2 Å². The van der Waals surface area contributed by atoms with Crippen LogP contribution in [0.3, 0.4) is 0 Å². The van der Waals surface area contributed by atoms with Gasteiger partial charge in [0.2, 0.25) is 0 Å². The average molecular weight is 373 g/mol. The third-order valence-electron chi connectivity index (χ3n) is 4.70. The molecular formula is C19H23N3O3S. The van der Waals surface area contributed by atoms with E-state index in [1.807, 2.05) is 25.1 Å². The standard InChI is InChI=1S/C19H23N3O3S/c1-13-17(18(23)20-6-9-22-7-2-3-8-22)26-19(21-13)14-4-5-15-16(12-14)25-11-10-24-15/h4-5,12H,2-3,6-11H2,1H3,(H,20,23). The quantitative estimate of drug-likeness (QED) is 0.873. The summed E-state index contributed by atoms with van der Waals surface area (Å²) in [6.45, 7) is 6.89. The molecule has 1 amide bonds. The van der Waals surface area contributed by atoms with E-state index in [0.717, 1.165) is 47.4 Å². The van der Waals surface area contributed by atoms with Crippen LogP contribution in [-0.4, -0.2) is 55.2 Å². The van der Waals surface area contributed by atoms with Crippen molar-refractivity contribution in [3.63, 3.8) is 0 Å². The van der Waals surface area contributed by atoms with Gasteiger partial charge in [0.15, 0.2) is 11.5 Å². The number of aryl methyl sites for hydroxylation is 1. The molecule has 0 radical (unpaired) electrons. The number of rotatable bonds is 5. The van der Waals surface area contributed by atoms with Gasteiger partial charge in [-0.25, -0.2) is 4.98 Å². The lowest BCUT2D eigenvalue weighted by molar-refractivity contribution is 0.0953. The lowest BCUT2D eigenvalue weighted by atomic mass is 10.2. The molecule has 1 aromatic heterocycles. The van der Waals surface area contributed by atoms with E-state index in [-0.39, 0.29) is 5.91 Å². The summed E-state index contributed by atoms with van der Waals surface area (Å²) in [6, 6.07) is 5.79. The van der Waals surface area contributed by atoms with Crippen LogP contribution in [0.25, 0.3) is 10.6 Å². The lowest BCUT2D eigenvalue weighted by Crippen LogP contribution is -2.33. The Morgan fingerprint density at radius 1 is 1.23 bits per heavy atom. The summed E-state index contributed by atoms with van der Waals surface area (Å²) < 4.78 is 11.2. The number of fused-ring (bicyclic) bond motifs is 1. The van der Waals surface area contributed by atoms with E-state index in [0.29, 0.717) is 24.6 Å². The molecular weight excluding hydrogens is 350 g/mol. The summed E-state index contributed by atoms with van der Waals surface area (Å²) in [4.78, 5) is 20.2. The molecule has 2 aromatic rings. The summed E-state index contributed by atoms with van der Waals surface area (Å²) in [5, 5.41) is 3.85. The van der Waals surface area contributed by atoms with Crippen LogP contribution in [0.5, 0.6) is 11.5 Å². The van der Waals surface area contributed by atoms with E-state index in [1.54, 1.807) is 0 Å². The van der Waals surface area contributed by atoms with Crippen LogP contribution in [-0.2, 0) is 0 Å². The molecule has 26 heavy (non-hydrogen) atoms. The Bertz CT molecular complexity index is 799. The number of likely N-dealkylation sites (tertiary alicyclic amines) is 1. The number of carbonyl (C=O) groups excluding carboxylic acids is 1. The Morgan fingerprint density at radius 2 is 2.00 bits per heavy atom. The zero-order valence-corrected chi connectivity index (χ0v) is 15.7. The van der Waals surface area contributed by atoms with Gasteiger partial charge >= 0.3 is 0 Å². The van der Waals surface area contributed by atoms with Gasteiger partial charge in [0, 0.05) is 18.7 Å². The Labute approximate surface area is 157 Å². The molecule has 2 aliphatic rings. The van der Waals surface area contributed by atoms with E-state index in [1.165, 1.54) is 24.2 Å². The van der Waals surface area contributed by atoms with E-state index < -0.39 is 0 Å².